The van der Waals surface area contributed by atoms with Gasteiger partial charge in [-0.05, 0) is 43.7 Å². The minimum absolute atomic E-state index is 0.0132. The third-order valence-corrected chi connectivity index (χ3v) is 5.00. The summed E-state index contributed by atoms with van der Waals surface area (Å²) >= 11 is 0. The number of benzene rings is 1. The third kappa shape index (κ3) is 3.65. The van der Waals surface area contributed by atoms with Gasteiger partial charge in [-0.15, -0.1) is 0 Å². The van der Waals surface area contributed by atoms with Crippen LogP contribution < -0.4 is 4.74 Å². The molecule has 0 aliphatic carbocycles. The predicted octanol–water partition coefficient (Wildman–Crippen LogP) is 2.90. The summed E-state index contributed by atoms with van der Waals surface area (Å²) < 4.78 is 5.86. The number of para-hydroxylation sites is 1. The SMILES string of the molecule is O=C(c1cncc(C[C@H]2COc3ccccc3C2)n1)N1CCCCC1. The summed E-state index contributed by atoms with van der Waals surface area (Å²) in [6.45, 7) is 2.35. The van der Waals surface area contributed by atoms with Gasteiger partial charge in [-0.3, -0.25) is 9.78 Å². The van der Waals surface area contributed by atoms with E-state index in [1.807, 2.05) is 23.1 Å². The molecule has 2 aliphatic heterocycles. The van der Waals surface area contributed by atoms with Crippen LogP contribution in [0.25, 0.3) is 0 Å². The van der Waals surface area contributed by atoms with Crippen molar-refractivity contribution in [3.63, 3.8) is 0 Å². The number of ether oxygens (including phenoxy) is 1. The van der Waals surface area contributed by atoms with E-state index in [4.69, 9.17) is 4.74 Å². The number of likely N-dealkylation sites (tertiary alicyclic amines) is 1. The van der Waals surface area contributed by atoms with Gasteiger partial charge in [0.1, 0.15) is 11.4 Å². The van der Waals surface area contributed by atoms with Crippen molar-refractivity contribution in [3.8, 4) is 5.75 Å². The van der Waals surface area contributed by atoms with Crippen molar-refractivity contribution in [3.05, 3.63) is 53.6 Å². The highest BCUT2D eigenvalue weighted by Crippen LogP contribution is 2.28. The van der Waals surface area contributed by atoms with Gasteiger partial charge in [0.2, 0.25) is 0 Å². The highest BCUT2D eigenvalue weighted by Gasteiger charge is 2.23. The number of nitrogens with zero attached hydrogens (tertiary/aromatic N) is 3. The molecule has 1 fully saturated rings. The van der Waals surface area contributed by atoms with Crippen molar-refractivity contribution in [2.24, 2.45) is 5.92 Å². The molecular weight excluding hydrogens is 314 g/mol. The molecule has 1 aromatic heterocycles. The van der Waals surface area contributed by atoms with Crippen LogP contribution >= 0.6 is 0 Å². The minimum atomic E-state index is 0.0132. The standard InChI is InChI=1S/C20H23N3O2/c24-20(23-8-4-1-5-9-23)18-13-21-12-17(22-18)11-15-10-16-6-2-3-7-19(16)25-14-15/h2-3,6-7,12-13,15H,1,4-5,8-11,14H2/t15-/m0/s1. The number of aromatic nitrogens is 2. The van der Waals surface area contributed by atoms with E-state index in [9.17, 15) is 4.79 Å². The van der Waals surface area contributed by atoms with E-state index in [0.29, 0.717) is 18.2 Å². The number of carbonyl (C=O) groups excluding carboxylic acids is 1. The third-order valence-electron chi connectivity index (χ3n) is 5.00. The lowest BCUT2D eigenvalue weighted by Crippen LogP contribution is -2.36. The lowest BCUT2D eigenvalue weighted by atomic mass is 9.93. The Balaban J connectivity index is 1.44. The quantitative estimate of drug-likeness (QED) is 0.864. The van der Waals surface area contributed by atoms with E-state index in [-0.39, 0.29) is 5.91 Å². The molecule has 3 heterocycles. The second-order valence-corrected chi connectivity index (χ2v) is 6.94. The number of hydrogen-bond acceptors (Lipinski definition) is 4. The Kier molecular flexibility index (Phi) is 4.63. The molecule has 5 heteroatoms. The van der Waals surface area contributed by atoms with Gasteiger partial charge in [0.25, 0.3) is 5.91 Å². The molecule has 0 spiro atoms. The summed E-state index contributed by atoms with van der Waals surface area (Å²) in [6, 6.07) is 8.18. The van der Waals surface area contributed by atoms with Crippen LogP contribution in [0.15, 0.2) is 36.7 Å². The van der Waals surface area contributed by atoms with Crippen LogP contribution in [0.4, 0.5) is 0 Å². The Hall–Kier alpha value is -2.43. The molecule has 0 bridgehead atoms. The van der Waals surface area contributed by atoms with E-state index in [0.717, 1.165) is 50.2 Å². The van der Waals surface area contributed by atoms with Crippen LogP contribution in [0.5, 0.6) is 5.75 Å². The molecule has 1 saturated heterocycles. The van der Waals surface area contributed by atoms with Crippen LogP contribution in [0, 0.1) is 5.92 Å². The fourth-order valence-corrected chi connectivity index (χ4v) is 3.68. The number of fused-ring (bicyclic) bond motifs is 1. The zero-order chi connectivity index (χ0) is 17.1. The molecule has 2 aliphatic rings. The van der Waals surface area contributed by atoms with E-state index in [1.165, 1.54) is 12.0 Å². The van der Waals surface area contributed by atoms with Crippen molar-refractivity contribution in [1.29, 1.82) is 0 Å². The van der Waals surface area contributed by atoms with Crippen molar-refractivity contribution in [1.82, 2.24) is 14.9 Å². The van der Waals surface area contributed by atoms with Gasteiger partial charge in [0, 0.05) is 25.2 Å². The Labute approximate surface area is 148 Å². The predicted molar refractivity (Wildman–Crippen MR) is 94.6 cm³/mol. The van der Waals surface area contributed by atoms with Crippen LogP contribution in [-0.4, -0.2) is 40.5 Å². The minimum Gasteiger partial charge on any atom is -0.493 e. The maximum Gasteiger partial charge on any atom is 0.274 e. The molecular formula is C20H23N3O2. The van der Waals surface area contributed by atoms with Crippen LogP contribution in [0.3, 0.4) is 0 Å². The molecule has 0 radical (unpaired) electrons. The van der Waals surface area contributed by atoms with Crippen LogP contribution in [0.2, 0.25) is 0 Å². The zero-order valence-electron chi connectivity index (χ0n) is 14.4. The van der Waals surface area contributed by atoms with E-state index >= 15 is 0 Å². The lowest BCUT2D eigenvalue weighted by molar-refractivity contribution is 0.0717. The maximum atomic E-state index is 12.6. The second kappa shape index (κ2) is 7.21. The fraction of sp³-hybridized carbons (Fsp3) is 0.450. The van der Waals surface area contributed by atoms with E-state index in [1.54, 1.807) is 12.4 Å². The van der Waals surface area contributed by atoms with Gasteiger partial charge in [0.15, 0.2) is 0 Å². The molecule has 0 unspecified atom stereocenters. The van der Waals surface area contributed by atoms with Crippen molar-refractivity contribution in [2.45, 2.75) is 32.1 Å². The Morgan fingerprint density at radius 3 is 2.88 bits per heavy atom. The fourth-order valence-electron chi connectivity index (χ4n) is 3.68. The first-order valence-electron chi connectivity index (χ1n) is 9.10. The van der Waals surface area contributed by atoms with Gasteiger partial charge in [-0.25, -0.2) is 4.98 Å². The highest BCUT2D eigenvalue weighted by atomic mass is 16.5. The molecule has 0 saturated carbocycles. The van der Waals surface area contributed by atoms with Crippen molar-refractivity contribution >= 4 is 5.91 Å². The largest absolute Gasteiger partial charge is 0.493 e. The molecule has 4 rings (SSSR count). The Morgan fingerprint density at radius 1 is 1.16 bits per heavy atom. The maximum absolute atomic E-state index is 12.6. The highest BCUT2D eigenvalue weighted by molar-refractivity contribution is 5.92. The normalized spacial score (nSPS) is 19.8. The first-order chi connectivity index (χ1) is 12.3. The molecule has 130 valence electrons. The molecule has 5 nitrogen and oxygen atoms in total. The number of amides is 1. The number of piperidine rings is 1. The first-order valence-corrected chi connectivity index (χ1v) is 9.10. The van der Waals surface area contributed by atoms with Gasteiger partial charge in [0.05, 0.1) is 18.5 Å². The Morgan fingerprint density at radius 2 is 2.00 bits per heavy atom. The van der Waals surface area contributed by atoms with Crippen molar-refractivity contribution < 1.29 is 9.53 Å². The zero-order valence-corrected chi connectivity index (χ0v) is 14.4. The monoisotopic (exact) mass is 337 g/mol. The van der Waals surface area contributed by atoms with Gasteiger partial charge in [-0.1, -0.05) is 18.2 Å². The molecule has 1 amide bonds. The van der Waals surface area contributed by atoms with Crippen molar-refractivity contribution in [2.75, 3.05) is 19.7 Å². The molecule has 1 aromatic carbocycles. The molecule has 1 atom stereocenters. The summed E-state index contributed by atoms with van der Waals surface area (Å²) in [5, 5.41) is 0. The smallest absolute Gasteiger partial charge is 0.274 e. The lowest BCUT2D eigenvalue weighted by Gasteiger charge is -2.26. The van der Waals surface area contributed by atoms with Crippen LogP contribution in [0.1, 0.15) is 41.0 Å². The van der Waals surface area contributed by atoms with E-state index in [2.05, 4.69) is 16.0 Å². The number of hydrogen-bond donors (Lipinski definition) is 0. The van der Waals surface area contributed by atoms with Gasteiger partial charge < -0.3 is 9.64 Å². The number of carbonyl (C=O) groups is 1. The van der Waals surface area contributed by atoms with Crippen LogP contribution in [-0.2, 0) is 12.8 Å². The average Bonchev–Trinajstić information content (AvgIpc) is 2.68. The molecule has 0 N–H and O–H groups in total. The van der Waals surface area contributed by atoms with Gasteiger partial charge >= 0.3 is 0 Å². The second-order valence-electron chi connectivity index (χ2n) is 6.94. The summed E-state index contributed by atoms with van der Waals surface area (Å²) in [6.07, 6.45) is 8.49. The molecule has 2 aromatic rings. The number of rotatable bonds is 3. The molecule has 25 heavy (non-hydrogen) atoms. The first kappa shape index (κ1) is 16.1. The Bertz CT molecular complexity index is 756. The average molecular weight is 337 g/mol. The summed E-state index contributed by atoms with van der Waals surface area (Å²) in [5.41, 5.74) is 2.58. The summed E-state index contributed by atoms with van der Waals surface area (Å²) in [7, 11) is 0. The summed E-state index contributed by atoms with van der Waals surface area (Å²) in [5.74, 6) is 1.36. The van der Waals surface area contributed by atoms with Gasteiger partial charge in [-0.2, -0.15) is 0 Å². The van der Waals surface area contributed by atoms with E-state index < -0.39 is 0 Å². The summed E-state index contributed by atoms with van der Waals surface area (Å²) in [4.78, 5) is 23.4. The topological polar surface area (TPSA) is 55.3 Å².